The molecule has 1 nitrogen and oxygen atoms in total. The van der Waals surface area contributed by atoms with E-state index >= 15 is 0 Å². The molecule has 1 aliphatic rings. The average molecular weight is 476 g/mol. The summed E-state index contributed by atoms with van der Waals surface area (Å²) in [6, 6.07) is 0. The van der Waals surface area contributed by atoms with Gasteiger partial charge in [0, 0.05) is 0 Å². The summed E-state index contributed by atoms with van der Waals surface area (Å²) in [5.74, 6) is 0. The summed E-state index contributed by atoms with van der Waals surface area (Å²) in [6.07, 6.45) is 2.31. The van der Waals surface area contributed by atoms with Gasteiger partial charge in [0.15, 0.2) is 0 Å². The molecule has 1 aliphatic carbocycles. The van der Waals surface area contributed by atoms with Gasteiger partial charge in [0.2, 0.25) is 0 Å². The largest absolute Gasteiger partial charge is 1.00 e. The van der Waals surface area contributed by atoms with Crippen LogP contribution in [-0.2, 0) is 30.0 Å². The second kappa shape index (κ2) is 9.18. The fourth-order valence-electron chi connectivity index (χ4n) is 4.40. The Balaban J connectivity index is 0.00000364. The Bertz CT molecular complexity index is 776. The number of rotatable bonds is 3. The summed E-state index contributed by atoms with van der Waals surface area (Å²) in [4.78, 5) is 3.76. The summed E-state index contributed by atoms with van der Waals surface area (Å²) in [6.45, 7) is 28.9. The van der Waals surface area contributed by atoms with Crippen molar-refractivity contribution >= 4 is 12.8 Å². The van der Waals surface area contributed by atoms with E-state index in [0.717, 1.165) is 0 Å². The molecule has 5 heteroatoms. The summed E-state index contributed by atoms with van der Waals surface area (Å²) in [7, 11) is -0.855. The Hall–Kier alpha value is 0.271. The number of aromatic amines is 1. The molecule has 0 saturated heterocycles. The minimum Gasteiger partial charge on any atom is -1.00 e. The van der Waals surface area contributed by atoms with Crippen LogP contribution in [0.15, 0.2) is 26.8 Å². The van der Waals surface area contributed by atoms with E-state index in [4.69, 9.17) is 0 Å². The van der Waals surface area contributed by atoms with E-state index in [1.807, 2.05) is 0 Å². The third kappa shape index (κ3) is 4.78. The Morgan fingerprint density at radius 3 is 1.79 bits per heavy atom. The van der Waals surface area contributed by atoms with E-state index in [0.29, 0.717) is 5.04 Å². The molecule has 28 heavy (non-hydrogen) atoms. The SMILES string of the molecule is CC1=C(C)C(C)([SiH](C)C)[C]([Ti+2][c]2[nH]cc(C(C)(C)C)c2C(C)(C)C)=C1C.[Cl-].[Cl-]. The average Bonchev–Trinajstić information content (AvgIpc) is 2.98. The minimum absolute atomic E-state index is 0. The van der Waals surface area contributed by atoms with Gasteiger partial charge in [-0.05, 0) is 0 Å². The quantitative estimate of drug-likeness (QED) is 0.601. The summed E-state index contributed by atoms with van der Waals surface area (Å²) >= 11 is -0.363. The van der Waals surface area contributed by atoms with Crippen LogP contribution in [0.4, 0.5) is 0 Å². The standard InChI is InChI=1S/C12H20N.C11H19Si.2ClH.Ti/c1-11(2,3)9-7-13-8-10(9)12(4,5)6;1-8-7-11(4,12(5)6)10(3)9(8)2;;;/h7,13H,1-6H3;12H,1-6H3;2*1H;/q;;;;+2/p-2. The van der Waals surface area contributed by atoms with Crippen molar-refractivity contribution in [2.45, 2.75) is 98.2 Å². The third-order valence-electron chi connectivity index (χ3n) is 6.64. The molecule has 1 unspecified atom stereocenters. The fourth-order valence-corrected chi connectivity index (χ4v) is 10.8. The number of halogens is 2. The molecule has 158 valence electrons. The van der Waals surface area contributed by atoms with Crippen molar-refractivity contribution in [3.05, 3.63) is 37.9 Å². The number of nitrogens with one attached hydrogen (secondary N) is 1. The van der Waals surface area contributed by atoms with Gasteiger partial charge in [-0.2, -0.15) is 0 Å². The number of aromatic nitrogens is 1. The maximum absolute atomic E-state index is 3.76. The molecule has 1 N–H and O–H groups in total. The first-order valence-corrected chi connectivity index (χ1v) is 14.5. The molecular formula is C23H39Cl2NSiTi. The molecular weight excluding hydrogens is 437 g/mol. The van der Waals surface area contributed by atoms with E-state index in [-0.39, 0.29) is 54.8 Å². The third-order valence-corrected chi connectivity index (χ3v) is 12.9. The normalized spacial score (nSPS) is 20.3. The maximum atomic E-state index is 3.76. The molecule has 0 saturated carbocycles. The Morgan fingerprint density at radius 2 is 1.39 bits per heavy atom. The minimum atomic E-state index is -0.855. The molecule has 0 aliphatic heterocycles. The fraction of sp³-hybridized carbons (Fsp3) is 0.652. The predicted molar refractivity (Wildman–Crippen MR) is 116 cm³/mol. The van der Waals surface area contributed by atoms with Crippen molar-refractivity contribution in [2.24, 2.45) is 0 Å². The Morgan fingerprint density at radius 1 is 0.893 bits per heavy atom. The van der Waals surface area contributed by atoms with Gasteiger partial charge in [-0.25, -0.2) is 0 Å². The molecule has 0 spiro atoms. The van der Waals surface area contributed by atoms with Gasteiger partial charge in [0.25, 0.3) is 0 Å². The number of hydrogen-bond donors (Lipinski definition) is 1. The van der Waals surface area contributed by atoms with E-state index in [2.05, 4.69) is 93.5 Å². The van der Waals surface area contributed by atoms with E-state index in [1.54, 1.807) is 30.2 Å². The van der Waals surface area contributed by atoms with Crippen LogP contribution in [0.3, 0.4) is 0 Å². The zero-order chi connectivity index (χ0) is 20.2. The Labute approximate surface area is 197 Å². The molecule has 1 heterocycles. The van der Waals surface area contributed by atoms with Gasteiger partial charge < -0.3 is 24.8 Å². The van der Waals surface area contributed by atoms with Gasteiger partial charge >= 0.3 is 173 Å². The topological polar surface area (TPSA) is 15.8 Å². The van der Waals surface area contributed by atoms with E-state index in [1.165, 1.54) is 5.56 Å². The van der Waals surface area contributed by atoms with Crippen LogP contribution < -0.4 is 28.8 Å². The van der Waals surface area contributed by atoms with Crippen LogP contribution in [-0.4, -0.2) is 13.8 Å². The molecule has 1 atom stereocenters. The monoisotopic (exact) mass is 475 g/mol. The first-order valence-electron chi connectivity index (χ1n) is 10.0. The number of H-pyrrole nitrogens is 1. The Kier molecular flexibility index (Phi) is 9.27. The van der Waals surface area contributed by atoms with Crippen molar-refractivity contribution in [1.82, 2.24) is 4.98 Å². The first kappa shape index (κ1) is 28.3. The van der Waals surface area contributed by atoms with Crippen molar-refractivity contribution in [1.29, 1.82) is 0 Å². The second-order valence-electron chi connectivity index (χ2n) is 10.7. The molecule has 2 rings (SSSR count). The van der Waals surface area contributed by atoms with Crippen LogP contribution in [0.25, 0.3) is 0 Å². The summed E-state index contributed by atoms with van der Waals surface area (Å²) in [5, 5.41) is 0.357. The van der Waals surface area contributed by atoms with Crippen LogP contribution in [0.5, 0.6) is 0 Å². The molecule has 0 bridgehead atoms. The van der Waals surface area contributed by atoms with Crippen molar-refractivity contribution in [2.75, 3.05) is 0 Å². The van der Waals surface area contributed by atoms with Gasteiger partial charge in [-0.1, -0.05) is 0 Å². The van der Waals surface area contributed by atoms with Gasteiger partial charge in [0.05, 0.1) is 0 Å². The van der Waals surface area contributed by atoms with Crippen molar-refractivity contribution in [3.8, 4) is 0 Å². The van der Waals surface area contributed by atoms with Crippen molar-refractivity contribution < 1.29 is 44.0 Å². The second-order valence-corrected chi connectivity index (χ2v) is 16.1. The molecule has 0 amide bonds. The maximum Gasteiger partial charge on any atom is -1.00 e. The first-order chi connectivity index (χ1) is 11.6. The van der Waals surface area contributed by atoms with Crippen LogP contribution in [0, 0.1) is 0 Å². The zero-order valence-electron chi connectivity index (χ0n) is 19.9. The van der Waals surface area contributed by atoms with Gasteiger partial charge in [-0.3, -0.25) is 0 Å². The molecule has 1 aromatic heterocycles. The number of allylic oxidation sites excluding steroid dienone is 4. The van der Waals surface area contributed by atoms with E-state index in [9.17, 15) is 0 Å². The van der Waals surface area contributed by atoms with Crippen molar-refractivity contribution in [3.63, 3.8) is 0 Å². The molecule has 0 aromatic carbocycles. The van der Waals surface area contributed by atoms with Crippen LogP contribution in [0.2, 0.25) is 18.1 Å². The molecule has 0 radical (unpaired) electrons. The predicted octanol–water partition coefficient (Wildman–Crippen LogP) is 0.197. The smallest absolute Gasteiger partial charge is 1.00 e. The number of hydrogen-bond acceptors (Lipinski definition) is 0. The van der Waals surface area contributed by atoms with E-state index < -0.39 is 8.80 Å². The summed E-state index contributed by atoms with van der Waals surface area (Å²) in [5.41, 5.74) is 8.26. The van der Waals surface area contributed by atoms with Gasteiger partial charge in [-0.15, -0.1) is 0 Å². The van der Waals surface area contributed by atoms with Crippen LogP contribution >= 0.6 is 0 Å². The zero-order valence-corrected chi connectivity index (χ0v) is 24.1. The van der Waals surface area contributed by atoms with Gasteiger partial charge in [0.1, 0.15) is 0 Å². The molecule has 0 fully saturated rings. The molecule has 1 aromatic rings. The van der Waals surface area contributed by atoms with Crippen LogP contribution in [0.1, 0.15) is 80.4 Å². The summed E-state index contributed by atoms with van der Waals surface area (Å²) < 4.78 is 3.35.